The largest absolute Gasteiger partial charge is 0.464 e. The number of para-hydroxylation sites is 1. The number of Topliss-reactive ketones (excluding diaryl/α,β-unsaturated/α-hetero) is 1. The molecule has 0 aliphatic rings. The third-order valence-electron chi connectivity index (χ3n) is 5.18. The monoisotopic (exact) mass is 551 g/mol. The molecule has 0 saturated heterocycles. The quantitative estimate of drug-likeness (QED) is 0.183. The standard InChI is InChI=1S/C28H26ClN3O7/c1-2-38-27(36)25(32-28(37)39-17-18-9-5-3-6-10-18)26(35)31-22-15-19(29)13-14-21(22)23(33)16-24(34)30-20-11-7-4-8-12-20/h3-15,25H,2,16-17H2,1H3,(H,30,34)(H,31,35)(H,32,37). The molecule has 202 valence electrons. The molecule has 0 bridgehead atoms. The molecule has 10 nitrogen and oxygen atoms in total. The minimum atomic E-state index is -1.79. The minimum absolute atomic E-state index is 0.0229. The van der Waals surface area contributed by atoms with Crippen molar-refractivity contribution < 1.29 is 33.4 Å². The molecule has 0 aliphatic carbocycles. The number of ether oxygens (including phenoxy) is 2. The van der Waals surface area contributed by atoms with Gasteiger partial charge in [0.15, 0.2) is 5.78 Å². The number of carbonyl (C=O) groups is 5. The molecular formula is C28H26ClN3O7. The van der Waals surface area contributed by atoms with E-state index in [9.17, 15) is 24.0 Å². The van der Waals surface area contributed by atoms with Crippen molar-refractivity contribution >= 4 is 52.6 Å². The van der Waals surface area contributed by atoms with Crippen LogP contribution in [0, 0.1) is 0 Å². The molecule has 0 saturated carbocycles. The van der Waals surface area contributed by atoms with Crippen LogP contribution in [-0.2, 0) is 30.5 Å². The highest BCUT2D eigenvalue weighted by Crippen LogP contribution is 2.23. The molecule has 0 radical (unpaired) electrons. The molecule has 0 fully saturated rings. The van der Waals surface area contributed by atoms with Crippen molar-refractivity contribution in [3.05, 3.63) is 95.0 Å². The Morgan fingerprint density at radius 3 is 2.18 bits per heavy atom. The van der Waals surface area contributed by atoms with Crippen molar-refractivity contribution in [2.24, 2.45) is 0 Å². The van der Waals surface area contributed by atoms with Crippen LogP contribution < -0.4 is 16.0 Å². The van der Waals surface area contributed by atoms with Crippen LogP contribution in [0.2, 0.25) is 5.02 Å². The Morgan fingerprint density at radius 1 is 0.846 bits per heavy atom. The topological polar surface area (TPSA) is 140 Å². The highest BCUT2D eigenvalue weighted by Gasteiger charge is 2.31. The summed E-state index contributed by atoms with van der Waals surface area (Å²) < 4.78 is 10.0. The first-order chi connectivity index (χ1) is 18.8. The minimum Gasteiger partial charge on any atom is -0.464 e. The van der Waals surface area contributed by atoms with Crippen LogP contribution in [0.15, 0.2) is 78.9 Å². The van der Waals surface area contributed by atoms with Gasteiger partial charge in [0.25, 0.3) is 5.91 Å². The first kappa shape index (κ1) is 28.9. The van der Waals surface area contributed by atoms with E-state index < -0.39 is 42.1 Å². The molecular weight excluding hydrogens is 526 g/mol. The van der Waals surface area contributed by atoms with Crippen LogP contribution in [0.5, 0.6) is 0 Å². The number of alkyl carbamates (subject to hydrolysis) is 1. The van der Waals surface area contributed by atoms with Crippen molar-refractivity contribution in [3.63, 3.8) is 0 Å². The Balaban J connectivity index is 1.71. The molecule has 3 N–H and O–H groups in total. The van der Waals surface area contributed by atoms with Gasteiger partial charge in [0.05, 0.1) is 18.7 Å². The average molecular weight is 552 g/mol. The lowest BCUT2D eigenvalue weighted by atomic mass is 10.0. The van der Waals surface area contributed by atoms with E-state index in [0.717, 1.165) is 0 Å². The fraction of sp³-hybridized carbons (Fsp3) is 0.179. The predicted octanol–water partition coefficient (Wildman–Crippen LogP) is 4.35. The van der Waals surface area contributed by atoms with Gasteiger partial charge >= 0.3 is 12.1 Å². The fourth-order valence-corrected chi connectivity index (χ4v) is 3.55. The van der Waals surface area contributed by atoms with Gasteiger partial charge in [-0.15, -0.1) is 0 Å². The lowest BCUT2D eigenvalue weighted by Crippen LogP contribution is -2.50. The summed E-state index contributed by atoms with van der Waals surface area (Å²) in [7, 11) is 0. The van der Waals surface area contributed by atoms with Gasteiger partial charge in [0, 0.05) is 16.3 Å². The third kappa shape index (κ3) is 8.97. The van der Waals surface area contributed by atoms with Crippen molar-refractivity contribution in [2.75, 3.05) is 17.2 Å². The number of benzene rings is 3. The van der Waals surface area contributed by atoms with Crippen LogP contribution in [0.25, 0.3) is 0 Å². The first-order valence-corrected chi connectivity index (χ1v) is 12.3. The Hall–Kier alpha value is -4.70. The number of carbonyl (C=O) groups excluding carboxylic acids is 5. The van der Waals surface area contributed by atoms with E-state index in [1.165, 1.54) is 25.1 Å². The number of amides is 3. The molecule has 11 heteroatoms. The zero-order chi connectivity index (χ0) is 28.2. The van der Waals surface area contributed by atoms with Gasteiger partial charge in [-0.05, 0) is 42.8 Å². The predicted molar refractivity (Wildman–Crippen MR) is 144 cm³/mol. The lowest BCUT2D eigenvalue weighted by molar-refractivity contribution is -0.148. The number of hydrogen-bond acceptors (Lipinski definition) is 7. The molecule has 0 spiro atoms. The van der Waals surface area contributed by atoms with E-state index in [-0.39, 0.29) is 29.5 Å². The van der Waals surface area contributed by atoms with Gasteiger partial charge in [-0.3, -0.25) is 19.7 Å². The molecule has 3 rings (SSSR count). The molecule has 1 atom stereocenters. The van der Waals surface area contributed by atoms with E-state index in [1.807, 2.05) is 0 Å². The maximum absolute atomic E-state index is 13.1. The van der Waals surface area contributed by atoms with Gasteiger partial charge in [-0.2, -0.15) is 0 Å². The molecule has 0 aliphatic heterocycles. The Bertz CT molecular complexity index is 1330. The number of rotatable bonds is 11. The molecule has 3 aromatic rings. The fourth-order valence-electron chi connectivity index (χ4n) is 3.38. The highest BCUT2D eigenvalue weighted by atomic mass is 35.5. The SMILES string of the molecule is CCOC(=O)C(NC(=O)OCc1ccccc1)C(=O)Nc1cc(Cl)ccc1C(=O)CC(=O)Nc1ccccc1. The maximum atomic E-state index is 13.1. The van der Waals surface area contributed by atoms with Crippen molar-refractivity contribution in [3.8, 4) is 0 Å². The third-order valence-corrected chi connectivity index (χ3v) is 5.41. The molecule has 39 heavy (non-hydrogen) atoms. The number of ketones is 1. The van der Waals surface area contributed by atoms with Gasteiger partial charge in [0.1, 0.15) is 6.61 Å². The smallest absolute Gasteiger partial charge is 0.408 e. The molecule has 1 unspecified atom stereocenters. The number of anilines is 2. The Kier molecular flexibility index (Phi) is 10.6. The van der Waals surface area contributed by atoms with E-state index in [2.05, 4.69) is 16.0 Å². The van der Waals surface area contributed by atoms with Crippen LogP contribution >= 0.6 is 11.6 Å². The summed E-state index contributed by atoms with van der Waals surface area (Å²) in [4.78, 5) is 63.2. The summed E-state index contributed by atoms with van der Waals surface area (Å²) in [5.41, 5.74) is 1.13. The van der Waals surface area contributed by atoms with Gasteiger partial charge in [-0.1, -0.05) is 60.1 Å². The van der Waals surface area contributed by atoms with Crippen molar-refractivity contribution in [1.82, 2.24) is 5.32 Å². The van der Waals surface area contributed by atoms with Crippen LogP contribution in [0.4, 0.5) is 16.2 Å². The first-order valence-electron chi connectivity index (χ1n) is 11.9. The van der Waals surface area contributed by atoms with Gasteiger partial charge in [0.2, 0.25) is 11.9 Å². The lowest BCUT2D eigenvalue weighted by Gasteiger charge is -2.18. The Labute approximate surface area is 229 Å². The summed E-state index contributed by atoms with van der Waals surface area (Å²) in [5.74, 6) is -3.22. The average Bonchev–Trinajstić information content (AvgIpc) is 2.91. The summed E-state index contributed by atoms with van der Waals surface area (Å²) in [6.07, 6.45) is -1.56. The van der Waals surface area contributed by atoms with Crippen molar-refractivity contribution in [1.29, 1.82) is 0 Å². The molecule has 0 heterocycles. The molecule has 3 aromatic carbocycles. The number of halogens is 1. The zero-order valence-corrected chi connectivity index (χ0v) is 21.7. The highest BCUT2D eigenvalue weighted by molar-refractivity contribution is 6.31. The molecule has 0 aromatic heterocycles. The number of hydrogen-bond donors (Lipinski definition) is 3. The molecule has 3 amide bonds. The zero-order valence-electron chi connectivity index (χ0n) is 20.9. The maximum Gasteiger partial charge on any atom is 0.408 e. The second-order valence-corrected chi connectivity index (χ2v) is 8.52. The second kappa shape index (κ2) is 14.3. The van der Waals surface area contributed by atoms with Crippen LogP contribution in [0.3, 0.4) is 0 Å². The Morgan fingerprint density at radius 2 is 1.51 bits per heavy atom. The van der Waals surface area contributed by atoms with E-state index in [4.69, 9.17) is 21.1 Å². The van der Waals surface area contributed by atoms with Crippen LogP contribution in [-0.4, -0.2) is 42.3 Å². The van der Waals surface area contributed by atoms with Crippen molar-refractivity contribution in [2.45, 2.75) is 26.0 Å². The summed E-state index contributed by atoms with van der Waals surface area (Å²) in [6.45, 7) is 1.39. The van der Waals surface area contributed by atoms with E-state index in [0.29, 0.717) is 11.3 Å². The van der Waals surface area contributed by atoms with Gasteiger partial charge < -0.3 is 20.1 Å². The summed E-state index contributed by atoms with van der Waals surface area (Å²) in [5, 5.41) is 7.40. The summed E-state index contributed by atoms with van der Waals surface area (Å²) in [6, 6.07) is 19.6. The second-order valence-electron chi connectivity index (χ2n) is 8.08. The van der Waals surface area contributed by atoms with Gasteiger partial charge in [-0.25, -0.2) is 9.59 Å². The summed E-state index contributed by atoms with van der Waals surface area (Å²) >= 11 is 6.07. The number of esters is 1. The van der Waals surface area contributed by atoms with E-state index >= 15 is 0 Å². The normalized spacial score (nSPS) is 11.0. The number of nitrogens with one attached hydrogen (secondary N) is 3. The van der Waals surface area contributed by atoms with Crippen LogP contribution in [0.1, 0.15) is 29.3 Å². The van der Waals surface area contributed by atoms with E-state index in [1.54, 1.807) is 60.7 Å².